The van der Waals surface area contributed by atoms with E-state index in [1.165, 1.54) is 5.56 Å². The lowest BCUT2D eigenvalue weighted by Gasteiger charge is -2.48. The van der Waals surface area contributed by atoms with E-state index in [0.29, 0.717) is 0 Å². The van der Waals surface area contributed by atoms with Crippen LogP contribution in [0.15, 0.2) is 30.3 Å². The maximum atomic E-state index is 5.90. The molecule has 1 N–H and O–H groups in total. The van der Waals surface area contributed by atoms with Gasteiger partial charge < -0.3 is 14.8 Å². The molecule has 16 heavy (non-hydrogen) atoms. The third-order valence-electron chi connectivity index (χ3n) is 3.61. The lowest BCUT2D eigenvalue weighted by atomic mass is 9.73. The number of ether oxygens (including phenoxy) is 2. The Morgan fingerprint density at radius 3 is 2.56 bits per heavy atom. The highest BCUT2D eigenvalue weighted by Crippen LogP contribution is 2.37. The minimum absolute atomic E-state index is 0.0781. The average molecular weight is 219 g/mol. The van der Waals surface area contributed by atoms with Crippen molar-refractivity contribution in [3.05, 3.63) is 35.9 Å². The number of hydrogen-bond donors (Lipinski definition) is 1. The summed E-state index contributed by atoms with van der Waals surface area (Å²) < 4.78 is 11.3. The first-order chi connectivity index (χ1) is 7.92. The third kappa shape index (κ3) is 1.56. The second kappa shape index (κ2) is 4.17. The van der Waals surface area contributed by atoms with E-state index >= 15 is 0 Å². The normalized spacial score (nSPS) is 28.4. The summed E-state index contributed by atoms with van der Waals surface area (Å²) in [5, 5.41) is 3.40. The quantitative estimate of drug-likeness (QED) is 0.803. The molecular weight excluding hydrogens is 202 g/mol. The minimum Gasteiger partial charge on any atom is -0.379 e. The Labute approximate surface area is 95.8 Å². The molecule has 0 radical (unpaired) electrons. The lowest BCUT2D eigenvalue weighted by molar-refractivity contribution is -0.146. The summed E-state index contributed by atoms with van der Waals surface area (Å²) in [7, 11) is 0. The van der Waals surface area contributed by atoms with E-state index in [9.17, 15) is 0 Å². The fourth-order valence-electron chi connectivity index (χ4n) is 2.55. The zero-order valence-electron chi connectivity index (χ0n) is 9.32. The van der Waals surface area contributed by atoms with E-state index in [1.54, 1.807) is 0 Å². The molecule has 1 unspecified atom stereocenters. The highest BCUT2D eigenvalue weighted by Gasteiger charge is 2.48. The van der Waals surface area contributed by atoms with Gasteiger partial charge in [0.1, 0.15) is 0 Å². The molecule has 0 spiro atoms. The number of benzene rings is 1. The molecule has 86 valence electrons. The standard InChI is InChI=1S/C13H17NO2/c1-2-4-11(5-3-1)13(9-15-10-13)12-8-14-6-7-16-12/h1-5,12,14H,6-10H2. The number of hydrogen-bond acceptors (Lipinski definition) is 3. The predicted molar refractivity (Wildman–Crippen MR) is 61.5 cm³/mol. The molecule has 3 heteroatoms. The van der Waals surface area contributed by atoms with Crippen molar-refractivity contribution in [2.45, 2.75) is 11.5 Å². The Kier molecular flexibility index (Phi) is 2.67. The van der Waals surface area contributed by atoms with Crippen LogP contribution in [-0.4, -0.2) is 39.0 Å². The topological polar surface area (TPSA) is 30.5 Å². The summed E-state index contributed by atoms with van der Waals surface area (Å²) in [5.74, 6) is 0. The molecule has 2 fully saturated rings. The van der Waals surface area contributed by atoms with Gasteiger partial charge in [-0.15, -0.1) is 0 Å². The van der Waals surface area contributed by atoms with Crippen LogP contribution in [-0.2, 0) is 14.9 Å². The molecule has 1 aromatic rings. The van der Waals surface area contributed by atoms with E-state index in [-0.39, 0.29) is 11.5 Å². The molecule has 0 amide bonds. The molecule has 1 atom stereocenters. The Morgan fingerprint density at radius 2 is 2.00 bits per heavy atom. The predicted octanol–water partition coefficient (Wildman–Crippen LogP) is 0.943. The summed E-state index contributed by atoms with van der Waals surface area (Å²) in [6.45, 7) is 4.26. The van der Waals surface area contributed by atoms with Crippen molar-refractivity contribution in [1.82, 2.24) is 5.32 Å². The molecule has 0 saturated carbocycles. The third-order valence-corrected chi connectivity index (χ3v) is 3.61. The fraction of sp³-hybridized carbons (Fsp3) is 0.538. The second-order valence-corrected chi connectivity index (χ2v) is 4.58. The van der Waals surface area contributed by atoms with Gasteiger partial charge in [-0.1, -0.05) is 30.3 Å². The van der Waals surface area contributed by atoms with Crippen LogP contribution in [0.3, 0.4) is 0 Å². The summed E-state index contributed by atoms with van der Waals surface area (Å²) in [6, 6.07) is 10.6. The highest BCUT2D eigenvalue weighted by molar-refractivity contribution is 5.30. The molecule has 3 rings (SSSR count). The number of nitrogens with one attached hydrogen (secondary N) is 1. The van der Waals surface area contributed by atoms with Gasteiger partial charge in [-0.3, -0.25) is 0 Å². The second-order valence-electron chi connectivity index (χ2n) is 4.58. The monoisotopic (exact) mass is 219 g/mol. The minimum atomic E-state index is 0.0781. The lowest BCUT2D eigenvalue weighted by Crippen LogP contribution is -2.61. The van der Waals surface area contributed by atoms with Crippen LogP contribution in [0.4, 0.5) is 0 Å². The Balaban J connectivity index is 1.87. The van der Waals surface area contributed by atoms with Crippen LogP contribution in [0, 0.1) is 0 Å². The van der Waals surface area contributed by atoms with Gasteiger partial charge in [0.2, 0.25) is 0 Å². The maximum absolute atomic E-state index is 5.90. The van der Waals surface area contributed by atoms with Crippen molar-refractivity contribution in [3.63, 3.8) is 0 Å². The van der Waals surface area contributed by atoms with Gasteiger partial charge in [0.05, 0.1) is 31.3 Å². The highest BCUT2D eigenvalue weighted by atomic mass is 16.5. The number of morpholine rings is 1. The average Bonchev–Trinajstić information content (AvgIpc) is 2.31. The van der Waals surface area contributed by atoms with Crippen LogP contribution < -0.4 is 5.32 Å². The van der Waals surface area contributed by atoms with Crippen molar-refractivity contribution in [3.8, 4) is 0 Å². The van der Waals surface area contributed by atoms with Crippen LogP contribution in [0.2, 0.25) is 0 Å². The fourth-order valence-corrected chi connectivity index (χ4v) is 2.55. The molecule has 0 aromatic heterocycles. The first-order valence-electron chi connectivity index (χ1n) is 5.87. The van der Waals surface area contributed by atoms with Gasteiger partial charge >= 0.3 is 0 Å². The summed E-state index contributed by atoms with van der Waals surface area (Å²) in [4.78, 5) is 0. The van der Waals surface area contributed by atoms with Gasteiger partial charge in [0.25, 0.3) is 0 Å². The van der Waals surface area contributed by atoms with Gasteiger partial charge in [0, 0.05) is 13.1 Å². The largest absolute Gasteiger partial charge is 0.379 e. The smallest absolute Gasteiger partial charge is 0.0841 e. The Morgan fingerprint density at radius 1 is 1.19 bits per heavy atom. The molecule has 1 aromatic carbocycles. The molecule has 0 bridgehead atoms. The molecule has 2 saturated heterocycles. The zero-order valence-corrected chi connectivity index (χ0v) is 9.32. The van der Waals surface area contributed by atoms with Crippen molar-refractivity contribution in [1.29, 1.82) is 0 Å². The molecule has 2 aliphatic heterocycles. The Hall–Kier alpha value is -0.900. The summed E-state index contributed by atoms with van der Waals surface area (Å²) in [6.07, 6.45) is 0.248. The first kappa shape index (κ1) is 10.3. The molecule has 3 nitrogen and oxygen atoms in total. The van der Waals surface area contributed by atoms with E-state index in [2.05, 4.69) is 35.6 Å². The van der Waals surface area contributed by atoms with E-state index in [0.717, 1.165) is 32.9 Å². The zero-order chi connectivity index (χ0) is 10.8. The molecule has 2 aliphatic rings. The SMILES string of the molecule is c1ccc(C2(C3CNCCO3)COC2)cc1. The Bertz CT molecular complexity index is 342. The van der Waals surface area contributed by atoms with Crippen LogP contribution in [0.1, 0.15) is 5.56 Å². The van der Waals surface area contributed by atoms with Crippen molar-refractivity contribution in [2.75, 3.05) is 32.9 Å². The van der Waals surface area contributed by atoms with E-state index in [1.807, 2.05) is 0 Å². The van der Waals surface area contributed by atoms with E-state index < -0.39 is 0 Å². The van der Waals surface area contributed by atoms with Crippen molar-refractivity contribution >= 4 is 0 Å². The van der Waals surface area contributed by atoms with Crippen LogP contribution in [0.5, 0.6) is 0 Å². The first-order valence-corrected chi connectivity index (χ1v) is 5.87. The van der Waals surface area contributed by atoms with Gasteiger partial charge in [0.15, 0.2) is 0 Å². The van der Waals surface area contributed by atoms with E-state index in [4.69, 9.17) is 9.47 Å². The molecular formula is C13H17NO2. The van der Waals surface area contributed by atoms with Crippen molar-refractivity contribution in [2.24, 2.45) is 0 Å². The molecule has 0 aliphatic carbocycles. The van der Waals surface area contributed by atoms with Crippen LogP contribution in [0.25, 0.3) is 0 Å². The van der Waals surface area contributed by atoms with Gasteiger partial charge in [-0.2, -0.15) is 0 Å². The summed E-state index contributed by atoms with van der Waals surface area (Å²) in [5.41, 5.74) is 1.42. The number of rotatable bonds is 2. The summed E-state index contributed by atoms with van der Waals surface area (Å²) >= 11 is 0. The van der Waals surface area contributed by atoms with Crippen LogP contribution >= 0.6 is 0 Å². The maximum Gasteiger partial charge on any atom is 0.0841 e. The molecule has 2 heterocycles. The van der Waals surface area contributed by atoms with Crippen molar-refractivity contribution < 1.29 is 9.47 Å². The van der Waals surface area contributed by atoms with Gasteiger partial charge in [-0.25, -0.2) is 0 Å². The van der Waals surface area contributed by atoms with Gasteiger partial charge in [-0.05, 0) is 5.56 Å².